The third-order valence-electron chi connectivity index (χ3n) is 4.82. The Morgan fingerprint density at radius 1 is 1.16 bits per heavy atom. The molecule has 0 saturated carbocycles. The predicted molar refractivity (Wildman–Crippen MR) is 96.6 cm³/mol. The number of H-pyrrole nitrogens is 1. The second-order valence-corrected chi connectivity index (χ2v) is 6.98. The molecule has 1 saturated heterocycles. The molecule has 0 spiro atoms. The molecule has 2 N–H and O–H groups in total. The van der Waals surface area contributed by atoms with Gasteiger partial charge in [-0.2, -0.15) is 0 Å². The Balaban J connectivity index is 1.26. The summed E-state index contributed by atoms with van der Waals surface area (Å²) in [6, 6.07) is 16.0. The molecule has 1 aromatic heterocycles. The minimum Gasteiger partial charge on any atom is -0.408 e. The highest BCUT2D eigenvalue weighted by Gasteiger charge is 2.28. The highest BCUT2D eigenvalue weighted by atomic mass is 16.4. The third kappa shape index (κ3) is 3.83. The van der Waals surface area contributed by atoms with Crippen molar-refractivity contribution in [2.24, 2.45) is 5.92 Å². The molecule has 5 nitrogen and oxygen atoms in total. The average Bonchev–Trinajstić information content (AvgIpc) is 2.93. The summed E-state index contributed by atoms with van der Waals surface area (Å²) in [5, 5.41) is 10.2. The monoisotopic (exact) mass is 338 g/mol. The van der Waals surface area contributed by atoms with Gasteiger partial charge in [0.2, 0.25) is 0 Å². The van der Waals surface area contributed by atoms with Crippen molar-refractivity contribution < 1.29 is 9.52 Å². The van der Waals surface area contributed by atoms with E-state index in [1.165, 1.54) is 11.1 Å². The number of likely N-dealkylation sites (tertiary alicyclic amines) is 1. The van der Waals surface area contributed by atoms with Crippen molar-refractivity contribution in [3.63, 3.8) is 0 Å². The maximum absolute atomic E-state index is 11.2. The zero-order chi connectivity index (χ0) is 17.2. The van der Waals surface area contributed by atoms with Crippen LogP contribution in [0.15, 0.2) is 57.7 Å². The lowest BCUT2D eigenvalue weighted by molar-refractivity contribution is 0.0407. The van der Waals surface area contributed by atoms with Crippen molar-refractivity contribution in [2.45, 2.75) is 18.9 Å². The van der Waals surface area contributed by atoms with E-state index >= 15 is 0 Å². The summed E-state index contributed by atoms with van der Waals surface area (Å²) in [5.74, 6) is 0.189. The lowest BCUT2D eigenvalue weighted by Gasteiger charge is -2.40. The average molecular weight is 338 g/mol. The molecule has 2 aromatic carbocycles. The predicted octanol–water partition coefficient (Wildman–Crippen LogP) is 2.20. The van der Waals surface area contributed by atoms with Crippen LogP contribution in [0.1, 0.15) is 11.1 Å². The van der Waals surface area contributed by atoms with Crippen LogP contribution in [0, 0.1) is 5.92 Å². The third-order valence-corrected chi connectivity index (χ3v) is 4.82. The number of nitrogens with one attached hydrogen (secondary N) is 1. The van der Waals surface area contributed by atoms with E-state index in [9.17, 15) is 9.90 Å². The Labute approximate surface area is 145 Å². The van der Waals surface area contributed by atoms with Gasteiger partial charge in [0.1, 0.15) is 0 Å². The van der Waals surface area contributed by atoms with Crippen LogP contribution in [0.3, 0.4) is 0 Å². The van der Waals surface area contributed by atoms with Crippen LogP contribution >= 0.6 is 0 Å². The maximum Gasteiger partial charge on any atom is 0.417 e. The van der Waals surface area contributed by atoms with E-state index in [1.54, 1.807) is 0 Å². The summed E-state index contributed by atoms with van der Waals surface area (Å²) in [6.07, 6.45) is 1.36. The number of aliphatic hydroxyl groups is 1. The Kier molecular flexibility index (Phi) is 4.42. The van der Waals surface area contributed by atoms with Crippen molar-refractivity contribution in [3.8, 4) is 0 Å². The first-order chi connectivity index (χ1) is 12.2. The van der Waals surface area contributed by atoms with Crippen molar-refractivity contribution >= 4 is 11.1 Å². The van der Waals surface area contributed by atoms with Gasteiger partial charge < -0.3 is 14.4 Å². The number of β-amino-alcohol motifs (C(OH)–C–C–N with tert-alkyl or cyclic N) is 1. The summed E-state index contributed by atoms with van der Waals surface area (Å²) in [4.78, 5) is 16.2. The summed E-state index contributed by atoms with van der Waals surface area (Å²) in [5.41, 5.74) is 3.75. The molecule has 130 valence electrons. The smallest absolute Gasteiger partial charge is 0.408 e. The van der Waals surface area contributed by atoms with Gasteiger partial charge in [-0.3, -0.25) is 4.98 Å². The molecule has 1 fully saturated rings. The maximum atomic E-state index is 11.2. The van der Waals surface area contributed by atoms with Crippen molar-refractivity contribution in [3.05, 3.63) is 70.2 Å². The number of benzene rings is 2. The number of aromatic amines is 1. The van der Waals surface area contributed by atoms with Crippen molar-refractivity contribution in [1.82, 2.24) is 9.88 Å². The van der Waals surface area contributed by atoms with Gasteiger partial charge in [0, 0.05) is 19.6 Å². The number of nitrogens with zero attached hydrogens (tertiary/aromatic N) is 1. The standard InChI is InChI=1S/C20H22N2O3/c23-17(9-14-4-2-1-3-5-14)13-22-11-16(12-22)8-15-6-7-19-18(10-15)21-20(24)25-19/h1-7,10,16-17,23H,8-9,11-13H2,(H,21,24). The number of oxazole rings is 1. The van der Waals surface area contributed by atoms with E-state index in [2.05, 4.69) is 22.0 Å². The van der Waals surface area contributed by atoms with Crippen LogP contribution in [0.5, 0.6) is 0 Å². The highest BCUT2D eigenvalue weighted by Crippen LogP contribution is 2.22. The summed E-state index contributed by atoms with van der Waals surface area (Å²) in [6.45, 7) is 2.73. The van der Waals surface area contributed by atoms with E-state index in [4.69, 9.17) is 4.42 Å². The fourth-order valence-corrected chi connectivity index (χ4v) is 3.66. The quantitative estimate of drug-likeness (QED) is 0.723. The SMILES string of the molecule is O=c1[nH]c2cc(CC3CN(CC(O)Cc4ccccc4)C3)ccc2o1. The molecule has 5 heteroatoms. The first-order valence-corrected chi connectivity index (χ1v) is 8.72. The van der Waals surface area contributed by atoms with Gasteiger partial charge in [0.15, 0.2) is 5.58 Å². The molecule has 1 aliphatic heterocycles. The van der Waals surface area contributed by atoms with E-state index in [0.29, 0.717) is 17.9 Å². The van der Waals surface area contributed by atoms with Crippen LogP contribution in [0.2, 0.25) is 0 Å². The zero-order valence-electron chi connectivity index (χ0n) is 14.0. The Hall–Kier alpha value is -2.37. The summed E-state index contributed by atoms with van der Waals surface area (Å²) in [7, 11) is 0. The van der Waals surface area contributed by atoms with Crippen molar-refractivity contribution in [2.75, 3.05) is 19.6 Å². The summed E-state index contributed by atoms with van der Waals surface area (Å²) >= 11 is 0. The first kappa shape index (κ1) is 16.1. The minimum absolute atomic E-state index is 0.323. The van der Waals surface area contributed by atoms with Gasteiger partial charge in [-0.1, -0.05) is 36.4 Å². The Bertz CT molecular complexity index is 894. The second-order valence-electron chi connectivity index (χ2n) is 6.98. The highest BCUT2D eigenvalue weighted by molar-refractivity contribution is 5.72. The number of hydrogen-bond donors (Lipinski definition) is 2. The minimum atomic E-state index is -0.408. The number of fused-ring (bicyclic) bond motifs is 1. The molecule has 3 aromatic rings. The van der Waals surface area contributed by atoms with E-state index in [0.717, 1.165) is 31.6 Å². The fraction of sp³-hybridized carbons (Fsp3) is 0.350. The van der Waals surface area contributed by atoms with Crippen LogP contribution in [0.25, 0.3) is 11.1 Å². The number of hydrogen-bond acceptors (Lipinski definition) is 4. The molecule has 0 radical (unpaired) electrons. The molecule has 0 bridgehead atoms. The largest absolute Gasteiger partial charge is 0.417 e. The van der Waals surface area contributed by atoms with Crippen LogP contribution < -0.4 is 5.76 Å². The lowest BCUT2D eigenvalue weighted by Crippen LogP contribution is -2.50. The van der Waals surface area contributed by atoms with Crippen LogP contribution in [-0.4, -0.2) is 40.7 Å². The fourth-order valence-electron chi connectivity index (χ4n) is 3.66. The normalized spacial score (nSPS) is 16.8. The molecule has 1 atom stereocenters. The van der Waals surface area contributed by atoms with Gasteiger partial charge in [0.05, 0.1) is 11.6 Å². The van der Waals surface area contributed by atoms with Gasteiger partial charge in [-0.25, -0.2) is 4.79 Å². The molecular weight excluding hydrogens is 316 g/mol. The Morgan fingerprint density at radius 3 is 2.76 bits per heavy atom. The van der Waals surface area contributed by atoms with Gasteiger partial charge in [-0.05, 0) is 42.0 Å². The van der Waals surface area contributed by atoms with Gasteiger partial charge in [-0.15, -0.1) is 0 Å². The molecular formula is C20H22N2O3. The van der Waals surface area contributed by atoms with E-state index in [1.807, 2.05) is 36.4 Å². The molecule has 25 heavy (non-hydrogen) atoms. The van der Waals surface area contributed by atoms with Crippen molar-refractivity contribution in [1.29, 1.82) is 0 Å². The van der Waals surface area contributed by atoms with Crippen LogP contribution in [0.4, 0.5) is 0 Å². The van der Waals surface area contributed by atoms with Crippen LogP contribution in [-0.2, 0) is 12.8 Å². The first-order valence-electron chi connectivity index (χ1n) is 8.72. The zero-order valence-corrected chi connectivity index (χ0v) is 14.0. The summed E-state index contributed by atoms with van der Waals surface area (Å²) < 4.78 is 5.03. The van der Waals surface area contributed by atoms with Gasteiger partial charge >= 0.3 is 5.76 Å². The Morgan fingerprint density at radius 2 is 1.96 bits per heavy atom. The second kappa shape index (κ2) is 6.86. The van der Waals surface area contributed by atoms with E-state index < -0.39 is 5.76 Å². The van der Waals surface area contributed by atoms with Gasteiger partial charge in [0.25, 0.3) is 0 Å². The molecule has 0 amide bonds. The number of aromatic nitrogens is 1. The molecule has 1 aliphatic rings. The topological polar surface area (TPSA) is 69.5 Å². The number of rotatable bonds is 6. The molecule has 2 heterocycles. The number of aliphatic hydroxyl groups excluding tert-OH is 1. The molecule has 0 aliphatic carbocycles. The lowest BCUT2D eigenvalue weighted by atomic mass is 9.91. The molecule has 4 rings (SSSR count). The molecule has 1 unspecified atom stereocenters. The van der Waals surface area contributed by atoms with E-state index in [-0.39, 0.29) is 6.10 Å².